The molecule has 62 valence electrons. The van der Waals surface area contributed by atoms with E-state index in [2.05, 4.69) is 30.2 Å². The van der Waals surface area contributed by atoms with Crippen LogP contribution < -0.4 is 0 Å². The Morgan fingerprint density at radius 2 is 1.92 bits per heavy atom. The summed E-state index contributed by atoms with van der Waals surface area (Å²) in [6, 6.07) is 2.96. The van der Waals surface area contributed by atoms with Crippen LogP contribution in [0.15, 0.2) is 18.3 Å². The van der Waals surface area contributed by atoms with Gasteiger partial charge in [-0.05, 0) is 12.1 Å². The van der Waals surface area contributed by atoms with Crippen LogP contribution in [-0.4, -0.2) is 15.2 Å². The van der Waals surface area contributed by atoms with Gasteiger partial charge in [0.1, 0.15) is 0 Å². The van der Waals surface area contributed by atoms with Gasteiger partial charge in [0.2, 0.25) is 0 Å². The highest BCUT2D eigenvalue weighted by Gasteiger charge is 2.02. The van der Waals surface area contributed by atoms with Gasteiger partial charge in [-0.15, -0.1) is 0 Å². The van der Waals surface area contributed by atoms with Crippen molar-refractivity contribution in [2.75, 3.05) is 0 Å². The molecule has 0 N–H and O–H groups in total. The lowest BCUT2D eigenvalue weighted by atomic mass is 10.2. The third kappa shape index (κ3) is 1.75. The van der Waals surface area contributed by atoms with E-state index in [4.69, 9.17) is 0 Å². The van der Waals surface area contributed by atoms with E-state index < -0.39 is 10.2 Å². The molecule has 0 spiro atoms. The average Bonchev–Trinajstić information content (AvgIpc) is 2.04. The van der Waals surface area contributed by atoms with Gasteiger partial charge in [0, 0.05) is 16.9 Å². The molecular weight excluding hydrogens is 194 g/mol. The SMILES string of the molecule is O=C([S-])c1cccnc1C(=O)[S-]. The summed E-state index contributed by atoms with van der Waals surface area (Å²) in [5.74, 6) is 0. The number of carbonyl (C=O) groups is 2. The van der Waals surface area contributed by atoms with E-state index in [0.717, 1.165) is 0 Å². The number of hydrogen-bond acceptors (Lipinski definition) is 5. The van der Waals surface area contributed by atoms with Crippen molar-refractivity contribution in [3.8, 4) is 0 Å². The number of aromatic nitrogens is 1. The molecule has 0 aliphatic carbocycles. The summed E-state index contributed by atoms with van der Waals surface area (Å²) in [6.45, 7) is 0. The molecule has 0 unspecified atom stereocenters. The maximum atomic E-state index is 10.7. The fraction of sp³-hybridized carbons (Fsp3) is 0. The van der Waals surface area contributed by atoms with Crippen molar-refractivity contribution in [1.29, 1.82) is 0 Å². The third-order valence-electron chi connectivity index (χ3n) is 1.22. The lowest BCUT2D eigenvalue weighted by Gasteiger charge is -2.10. The molecule has 0 saturated heterocycles. The van der Waals surface area contributed by atoms with Crippen molar-refractivity contribution in [2.24, 2.45) is 0 Å². The summed E-state index contributed by atoms with van der Waals surface area (Å²) in [4.78, 5) is 25.1. The molecule has 0 atom stereocenters. The van der Waals surface area contributed by atoms with Crippen LogP contribution in [0.5, 0.6) is 0 Å². The van der Waals surface area contributed by atoms with Gasteiger partial charge in [0.05, 0.1) is 10.8 Å². The molecule has 0 fully saturated rings. The Balaban J connectivity index is 3.27. The smallest absolute Gasteiger partial charge is 0.0917 e. The van der Waals surface area contributed by atoms with Crippen molar-refractivity contribution in [3.05, 3.63) is 29.6 Å². The molecule has 0 aliphatic heterocycles. The normalized spacial score (nSPS) is 9.33. The van der Waals surface area contributed by atoms with Gasteiger partial charge in [-0.25, -0.2) is 0 Å². The average molecular weight is 197 g/mol. The van der Waals surface area contributed by atoms with Crippen LogP contribution in [0.3, 0.4) is 0 Å². The summed E-state index contributed by atoms with van der Waals surface area (Å²) < 4.78 is 0. The zero-order valence-corrected chi connectivity index (χ0v) is 7.45. The van der Waals surface area contributed by atoms with Crippen LogP contribution in [0.25, 0.3) is 0 Å². The minimum absolute atomic E-state index is 0.0347. The number of nitrogens with zero attached hydrogens (tertiary/aromatic N) is 1. The van der Waals surface area contributed by atoms with Gasteiger partial charge in [-0.2, -0.15) is 0 Å². The van der Waals surface area contributed by atoms with Crippen molar-refractivity contribution in [2.45, 2.75) is 0 Å². The molecule has 1 heterocycles. The maximum Gasteiger partial charge on any atom is 0.0917 e. The van der Waals surface area contributed by atoms with E-state index >= 15 is 0 Å². The Kier molecular flexibility index (Phi) is 2.67. The Morgan fingerprint density at radius 1 is 1.25 bits per heavy atom. The second kappa shape index (κ2) is 3.55. The van der Waals surface area contributed by atoms with Crippen molar-refractivity contribution >= 4 is 35.5 Å². The Labute approximate surface area is 80.0 Å². The molecular formula is C7H3NO2S2-2. The van der Waals surface area contributed by atoms with E-state index in [0.29, 0.717) is 0 Å². The summed E-state index contributed by atoms with van der Waals surface area (Å²) >= 11 is 8.73. The van der Waals surface area contributed by atoms with Gasteiger partial charge in [-0.1, -0.05) is 0 Å². The van der Waals surface area contributed by atoms with Crippen molar-refractivity contribution < 1.29 is 9.59 Å². The summed E-state index contributed by atoms with van der Waals surface area (Å²) in [5.41, 5.74) is 0.0694. The van der Waals surface area contributed by atoms with Gasteiger partial charge in [0.25, 0.3) is 0 Å². The monoisotopic (exact) mass is 197 g/mol. The van der Waals surface area contributed by atoms with Crippen LogP contribution in [-0.2, 0) is 25.3 Å². The fourth-order valence-electron chi connectivity index (χ4n) is 0.733. The largest absolute Gasteiger partial charge is 0.737 e. The predicted octanol–water partition coefficient (Wildman–Crippen LogP) is 0.456. The first-order valence-electron chi connectivity index (χ1n) is 3.00. The van der Waals surface area contributed by atoms with Crippen LogP contribution in [0.1, 0.15) is 20.8 Å². The Morgan fingerprint density at radius 3 is 2.33 bits per heavy atom. The van der Waals surface area contributed by atoms with E-state index in [9.17, 15) is 9.59 Å². The van der Waals surface area contributed by atoms with Gasteiger partial charge < -0.3 is 34.8 Å². The fourth-order valence-corrected chi connectivity index (χ4v) is 1.06. The molecule has 1 aromatic rings. The molecule has 3 nitrogen and oxygen atoms in total. The molecule has 0 aliphatic rings. The maximum absolute atomic E-state index is 10.7. The van der Waals surface area contributed by atoms with Gasteiger partial charge in [0.15, 0.2) is 0 Å². The third-order valence-corrected chi connectivity index (χ3v) is 1.63. The number of hydrogen-bond donors (Lipinski definition) is 0. The zero-order valence-electron chi connectivity index (χ0n) is 5.81. The lowest BCUT2D eigenvalue weighted by Crippen LogP contribution is -2.06. The molecule has 0 amide bonds. The molecule has 12 heavy (non-hydrogen) atoms. The summed E-state index contributed by atoms with van der Waals surface area (Å²) in [6.07, 6.45) is 1.39. The number of pyridine rings is 1. The lowest BCUT2D eigenvalue weighted by molar-refractivity contribution is 0.105. The number of rotatable bonds is 2. The van der Waals surface area contributed by atoms with Gasteiger partial charge >= 0.3 is 0 Å². The molecule has 0 aromatic carbocycles. The standard InChI is InChI=1S/C7H5NO2S2/c9-6(11)4-2-1-3-8-5(4)7(10)12/h1-3H,(H,9,11)(H,10,12)/p-2. The van der Waals surface area contributed by atoms with E-state index in [1.165, 1.54) is 18.3 Å². The highest BCUT2D eigenvalue weighted by molar-refractivity contribution is 7.78. The van der Waals surface area contributed by atoms with Crippen LogP contribution in [0, 0.1) is 0 Å². The minimum atomic E-state index is -0.663. The molecule has 0 saturated carbocycles. The highest BCUT2D eigenvalue weighted by atomic mass is 32.1. The van der Waals surface area contributed by atoms with E-state index in [1.54, 1.807) is 0 Å². The minimum Gasteiger partial charge on any atom is -0.737 e. The van der Waals surface area contributed by atoms with Crippen molar-refractivity contribution in [3.63, 3.8) is 0 Å². The molecule has 1 aromatic heterocycles. The molecule has 0 bridgehead atoms. The topological polar surface area (TPSA) is 47.0 Å². The molecule has 1 rings (SSSR count). The summed E-state index contributed by atoms with van der Waals surface area (Å²) in [5, 5.41) is -1.28. The second-order valence-electron chi connectivity index (χ2n) is 1.97. The predicted molar refractivity (Wildman–Crippen MR) is 47.6 cm³/mol. The second-order valence-corrected chi connectivity index (χ2v) is 2.72. The number of carbonyl (C=O) groups excluding carboxylic acids is 2. The van der Waals surface area contributed by atoms with Crippen molar-refractivity contribution in [1.82, 2.24) is 4.98 Å². The van der Waals surface area contributed by atoms with Crippen LogP contribution >= 0.6 is 0 Å². The Bertz CT molecular complexity index is 305. The van der Waals surface area contributed by atoms with E-state index in [-0.39, 0.29) is 11.3 Å². The first-order chi connectivity index (χ1) is 5.63. The first-order valence-corrected chi connectivity index (χ1v) is 3.82. The molecule has 5 heteroatoms. The van der Waals surface area contributed by atoms with E-state index in [1.807, 2.05) is 0 Å². The Hall–Kier alpha value is -1.07. The quantitative estimate of drug-likeness (QED) is 0.644. The van der Waals surface area contributed by atoms with Gasteiger partial charge in [-0.3, -0.25) is 4.98 Å². The van der Waals surface area contributed by atoms with Crippen LogP contribution in [0.2, 0.25) is 0 Å². The van der Waals surface area contributed by atoms with Crippen LogP contribution in [0.4, 0.5) is 0 Å². The summed E-state index contributed by atoms with van der Waals surface area (Å²) in [7, 11) is 0. The zero-order chi connectivity index (χ0) is 9.14. The highest BCUT2D eigenvalue weighted by Crippen LogP contribution is 2.05. The first kappa shape index (κ1) is 9.02. The molecule has 0 radical (unpaired) electrons.